The second kappa shape index (κ2) is 5.48. The first kappa shape index (κ1) is 14.0. The van der Waals surface area contributed by atoms with Gasteiger partial charge >= 0.3 is 12.0 Å². The lowest BCUT2D eigenvalue weighted by Crippen LogP contribution is -2.61. The molecule has 98 valence electrons. The summed E-state index contributed by atoms with van der Waals surface area (Å²) in [6.45, 7) is 2.03. The van der Waals surface area contributed by atoms with Gasteiger partial charge in [0.2, 0.25) is 0 Å². The van der Waals surface area contributed by atoms with E-state index >= 15 is 0 Å². The molecule has 0 heterocycles. The smallest absolute Gasteiger partial charge is 0.329 e. The molecule has 1 rings (SSSR count). The molecular weight excluding hydrogens is 244 g/mol. The van der Waals surface area contributed by atoms with Gasteiger partial charge in [-0.1, -0.05) is 0 Å². The van der Waals surface area contributed by atoms with Crippen LogP contribution in [0.4, 0.5) is 4.79 Å². The van der Waals surface area contributed by atoms with Gasteiger partial charge in [-0.3, -0.25) is 4.21 Å². The number of carboxylic acid groups (broad SMARTS) is 1. The number of amides is 2. The Morgan fingerprint density at radius 1 is 1.47 bits per heavy atom. The predicted octanol–water partition coefficient (Wildman–Crippen LogP) is 0.0599. The number of hydrogen-bond donors (Lipinski definition) is 3. The Hall–Kier alpha value is -1.11. The van der Waals surface area contributed by atoms with Crippen molar-refractivity contribution < 1.29 is 18.9 Å². The topological polar surface area (TPSA) is 95.5 Å². The van der Waals surface area contributed by atoms with Gasteiger partial charge < -0.3 is 15.7 Å². The molecule has 1 aliphatic carbocycles. The van der Waals surface area contributed by atoms with Crippen molar-refractivity contribution in [3.8, 4) is 0 Å². The van der Waals surface area contributed by atoms with Crippen LogP contribution in [0.1, 0.15) is 26.2 Å². The van der Waals surface area contributed by atoms with Crippen molar-refractivity contribution in [2.24, 2.45) is 0 Å². The van der Waals surface area contributed by atoms with Crippen molar-refractivity contribution in [2.75, 3.05) is 12.8 Å². The molecule has 1 saturated carbocycles. The van der Waals surface area contributed by atoms with Gasteiger partial charge in [-0.05, 0) is 26.2 Å². The van der Waals surface area contributed by atoms with E-state index in [4.69, 9.17) is 5.11 Å². The Morgan fingerprint density at radius 3 is 2.41 bits per heavy atom. The average molecular weight is 262 g/mol. The minimum absolute atomic E-state index is 0.150. The monoisotopic (exact) mass is 262 g/mol. The highest BCUT2D eigenvalue weighted by Crippen LogP contribution is 2.31. The molecule has 0 aromatic heterocycles. The molecule has 0 aromatic carbocycles. The number of aliphatic carboxylic acids is 1. The summed E-state index contributed by atoms with van der Waals surface area (Å²) in [7, 11) is -1.01. The van der Waals surface area contributed by atoms with Crippen LogP contribution in [0, 0.1) is 0 Å². The van der Waals surface area contributed by atoms with Crippen LogP contribution in [0.15, 0.2) is 0 Å². The summed E-state index contributed by atoms with van der Waals surface area (Å²) in [6, 6.07) is -0.510. The first-order valence-corrected chi connectivity index (χ1v) is 7.11. The predicted molar refractivity (Wildman–Crippen MR) is 64.3 cm³/mol. The first-order valence-electron chi connectivity index (χ1n) is 5.49. The van der Waals surface area contributed by atoms with Crippen molar-refractivity contribution in [2.45, 2.75) is 37.0 Å². The minimum Gasteiger partial charge on any atom is -0.480 e. The maximum absolute atomic E-state index is 11.5. The minimum atomic E-state index is -1.10. The van der Waals surface area contributed by atoms with Crippen molar-refractivity contribution in [1.82, 2.24) is 10.6 Å². The zero-order valence-electron chi connectivity index (χ0n) is 9.99. The Morgan fingerprint density at radius 2 is 2.06 bits per heavy atom. The molecule has 0 saturated heterocycles. The van der Waals surface area contributed by atoms with Gasteiger partial charge in [0.05, 0.1) is 0 Å². The lowest BCUT2D eigenvalue weighted by atomic mass is 9.77. The molecule has 2 unspecified atom stereocenters. The number of carboxylic acids is 1. The Bertz CT molecular complexity index is 341. The molecule has 2 atom stereocenters. The van der Waals surface area contributed by atoms with Crippen LogP contribution in [0.5, 0.6) is 0 Å². The molecule has 0 aliphatic heterocycles. The molecule has 7 heteroatoms. The fourth-order valence-corrected chi connectivity index (χ4v) is 1.86. The van der Waals surface area contributed by atoms with E-state index in [-0.39, 0.29) is 11.8 Å². The number of carbonyl (C=O) groups is 2. The molecule has 0 radical (unpaired) electrons. The zero-order chi connectivity index (χ0) is 13.1. The third kappa shape index (κ3) is 3.42. The van der Waals surface area contributed by atoms with E-state index in [1.54, 1.807) is 13.2 Å². The highest BCUT2D eigenvalue weighted by Gasteiger charge is 2.45. The third-order valence-corrected chi connectivity index (χ3v) is 4.39. The number of carbonyl (C=O) groups excluding carboxylic acids is 1. The summed E-state index contributed by atoms with van der Waals surface area (Å²) >= 11 is 0. The lowest BCUT2D eigenvalue weighted by Gasteiger charge is -2.38. The summed E-state index contributed by atoms with van der Waals surface area (Å²) in [4.78, 5) is 22.5. The van der Waals surface area contributed by atoms with Crippen LogP contribution in [-0.4, -0.2) is 44.9 Å². The van der Waals surface area contributed by atoms with E-state index in [0.717, 1.165) is 6.42 Å². The Balaban J connectivity index is 2.39. The van der Waals surface area contributed by atoms with Crippen LogP contribution < -0.4 is 10.6 Å². The molecular formula is C10H18N2O4S. The van der Waals surface area contributed by atoms with E-state index in [1.165, 1.54) is 0 Å². The second-order valence-corrected chi connectivity index (χ2v) is 6.19. The normalized spacial score (nSPS) is 20.8. The van der Waals surface area contributed by atoms with Crippen LogP contribution in [0.3, 0.4) is 0 Å². The number of rotatable bonds is 5. The lowest BCUT2D eigenvalue weighted by molar-refractivity contribution is -0.148. The second-order valence-electron chi connectivity index (χ2n) is 4.39. The highest BCUT2D eigenvalue weighted by molar-refractivity contribution is 7.84. The van der Waals surface area contributed by atoms with E-state index in [2.05, 4.69) is 10.6 Å². The van der Waals surface area contributed by atoms with E-state index in [9.17, 15) is 13.8 Å². The first-order chi connectivity index (χ1) is 7.87. The molecule has 6 nitrogen and oxygen atoms in total. The maximum atomic E-state index is 11.5. The van der Waals surface area contributed by atoms with Gasteiger partial charge in [-0.15, -0.1) is 0 Å². The number of hydrogen-bond acceptors (Lipinski definition) is 3. The largest absolute Gasteiger partial charge is 0.480 e. The summed E-state index contributed by atoms with van der Waals surface area (Å²) in [5.74, 6) is -0.994. The molecule has 0 bridgehead atoms. The van der Waals surface area contributed by atoms with E-state index in [0.29, 0.717) is 12.8 Å². The summed E-state index contributed by atoms with van der Waals surface area (Å²) in [5, 5.41) is 13.9. The molecule has 2 amide bonds. The summed E-state index contributed by atoms with van der Waals surface area (Å²) in [6.07, 6.45) is 3.30. The molecule has 1 aliphatic rings. The molecule has 1 fully saturated rings. The Kier molecular flexibility index (Phi) is 4.50. The fourth-order valence-electron chi connectivity index (χ4n) is 1.54. The average Bonchev–Trinajstić information content (AvgIpc) is 2.19. The van der Waals surface area contributed by atoms with Crippen LogP contribution in [0.25, 0.3) is 0 Å². The molecule has 0 spiro atoms. The van der Waals surface area contributed by atoms with Crippen molar-refractivity contribution in [1.29, 1.82) is 0 Å². The van der Waals surface area contributed by atoms with E-state index < -0.39 is 28.3 Å². The number of urea groups is 1. The van der Waals surface area contributed by atoms with Crippen LogP contribution in [-0.2, 0) is 15.6 Å². The maximum Gasteiger partial charge on any atom is 0.329 e. The fraction of sp³-hybridized carbons (Fsp3) is 0.800. The van der Waals surface area contributed by atoms with Gasteiger partial charge in [-0.25, -0.2) is 9.59 Å². The van der Waals surface area contributed by atoms with Crippen LogP contribution >= 0.6 is 0 Å². The Labute approximate surface area is 103 Å². The molecule has 17 heavy (non-hydrogen) atoms. The van der Waals surface area contributed by atoms with Crippen molar-refractivity contribution in [3.63, 3.8) is 0 Å². The summed E-state index contributed by atoms with van der Waals surface area (Å²) in [5.41, 5.74) is -1.10. The zero-order valence-corrected chi connectivity index (χ0v) is 10.8. The summed E-state index contributed by atoms with van der Waals surface area (Å²) < 4.78 is 11.1. The van der Waals surface area contributed by atoms with Crippen molar-refractivity contribution in [3.05, 3.63) is 0 Å². The highest BCUT2D eigenvalue weighted by atomic mass is 32.2. The third-order valence-electron chi connectivity index (χ3n) is 3.09. The van der Waals surface area contributed by atoms with Gasteiger partial charge in [0.1, 0.15) is 5.54 Å². The van der Waals surface area contributed by atoms with Gasteiger partial charge in [0, 0.05) is 28.9 Å². The number of nitrogens with one attached hydrogen (secondary N) is 2. The molecule has 0 aromatic rings. The van der Waals surface area contributed by atoms with Gasteiger partial charge in [0.25, 0.3) is 0 Å². The van der Waals surface area contributed by atoms with Gasteiger partial charge in [0.15, 0.2) is 0 Å². The standard InChI is InChI=1S/C10H18N2O4S/c1-7(17(2)16)6-11-9(15)12-10(8(13)14)4-3-5-10/h7H,3-6H2,1-2H3,(H,13,14)(H2,11,12,15). The quantitative estimate of drug-likeness (QED) is 0.653. The SMILES string of the molecule is CC(CNC(=O)NC1(C(=O)O)CCC1)S(C)=O. The molecule has 3 N–H and O–H groups in total. The van der Waals surface area contributed by atoms with Crippen molar-refractivity contribution >= 4 is 22.8 Å². The van der Waals surface area contributed by atoms with Gasteiger partial charge in [-0.2, -0.15) is 0 Å². The van der Waals surface area contributed by atoms with E-state index in [1.807, 2.05) is 0 Å². The van der Waals surface area contributed by atoms with Crippen LogP contribution in [0.2, 0.25) is 0 Å².